The molecule has 1 aromatic rings. The van der Waals surface area contributed by atoms with Crippen molar-refractivity contribution < 1.29 is 18.7 Å². The minimum atomic E-state index is -0.384. The van der Waals surface area contributed by atoms with Gasteiger partial charge in [0.25, 0.3) is 0 Å². The third-order valence-corrected chi connectivity index (χ3v) is 4.66. The third-order valence-electron chi connectivity index (χ3n) is 4.66. The summed E-state index contributed by atoms with van der Waals surface area (Å²) in [5.41, 5.74) is -0.384. The van der Waals surface area contributed by atoms with Gasteiger partial charge < -0.3 is 14.5 Å². The van der Waals surface area contributed by atoms with Crippen molar-refractivity contribution in [2.75, 3.05) is 33.3 Å². The Kier molecular flexibility index (Phi) is 6.62. The highest BCUT2D eigenvalue weighted by molar-refractivity contribution is 5.82. The van der Waals surface area contributed by atoms with Crippen molar-refractivity contribution in [2.45, 2.75) is 33.6 Å². The van der Waals surface area contributed by atoms with Gasteiger partial charge in [0.15, 0.2) is 0 Å². The standard InChI is InChI=1S/C20H29FN2O3/c1-20(2,3)19(25)23-11-9-15(10-12-23)18(24)22(4)13-14-26-17-7-5-16(21)6-8-17/h5-8,15H,9-14H2,1-4H3. The lowest BCUT2D eigenvalue weighted by Crippen LogP contribution is -2.47. The number of carbonyl (C=O) groups is 2. The summed E-state index contributed by atoms with van der Waals surface area (Å²) in [4.78, 5) is 28.4. The first kappa shape index (κ1) is 20.2. The van der Waals surface area contributed by atoms with E-state index in [-0.39, 0.29) is 29.0 Å². The summed E-state index contributed by atoms with van der Waals surface area (Å²) >= 11 is 0. The largest absolute Gasteiger partial charge is 0.492 e. The van der Waals surface area contributed by atoms with Gasteiger partial charge in [0.2, 0.25) is 11.8 Å². The molecule has 1 aromatic carbocycles. The predicted octanol–water partition coefficient (Wildman–Crippen LogP) is 2.95. The molecule has 0 unspecified atom stereocenters. The molecule has 2 amide bonds. The number of hydrogen-bond acceptors (Lipinski definition) is 3. The number of hydrogen-bond donors (Lipinski definition) is 0. The smallest absolute Gasteiger partial charge is 0.227 e. The summed E-state index contributed by atoms with van der Waals surface area (Å²) < 4.78 is 18.4. The van der Waals surface area contributed by atoms with Gasteiger partial charge in [-0.3, -0.25) is 9.59 Å². The number of ether oxygens (including phenoxy) is 1. The Morgan fingerprint density at radius 3 is 2.31 bits per heavy atom. The Morgan fingerprint density at radius 1 is 1.19 bits per heavy atom. The maximum atomic E-state index is 12.9. The molecule has 0 atom stereocenters. The molecule has 1 saturated heterocycles. The van der Waals surface area contributed by atoms with Crippen molar-refractivity contribution in [3.05, 3.63) is 30.1 Å². The molecule has 0 spiro atoms. The maximum absolute atomic E-state index is 12.9. The van der Waals surface area contributed by atoms with Crippen LogP contribution in [0.2, 0.25) is 0 Å². The number of benzene rings is 1. The van der Waals surface area contributed by atoms with Gasteiger partial charge in [0.1, 0.15) is 18.2 Å². The fraction of sp³-hybridized carbons (Fsp3) is 0.600. The van der Waals surface area contributed by atoms with E-state index in [0.717, 1.165) is 0 Å². The second-order valence-electron chi connectivity index (χ2n) is 7.88. The van der Waals surface area contributed by atoms with Gasteiger partial charge in [-0.15, -0.1) is 0 Å². The Labute approximate surface area is 155 Å². The van der Waals surface area contributed by atoms with Crippen LogP contribution >= 0.6 is 0 Å². The number of piperidine rings is 1. The van der Waals surface area contributed by atoms with Crippen molar-refractivity contribution in [1.82, 2.24) is 9.80 Å². The molecule has 0 bridgehead atoms. The average Bonchev–Trinajstić information content (AvgIpc) is 2.61. The first-order chi connectivity index (χ1) is 12.2. The molecule has 1 fully saturated rings. The average molecular weight is 364 g/mol. The van der Waals surface area contributed by atoms with E-state index in [1.807, 2.05) is 25.7 Å². The molecule has 0 radical (unpaired) electrons. The fourth-order valence-corrected chi connectivity index (χ4v) is 3.06. The lowest BCUT2D eigenvalue weighted by molar-refractivity contribution is -0.144. The Balaban J connectivity index is 1.75. The van der Waals surface area contributed by atoms with E-state index in [4.69, 9.17) is 4.74 Å². The van der Waals surface area contributed by atoms with Crippen molar-refractivity contribution in [2.24, 2.45) is 11.3 Å². The highest BCUT2D eigenvalue weighted by Crippen LogP contribution is 2.24. The molecule has 1 aliphatic rings. The Bertz CT molecular complexity index is 617. The van der Waals surface area contributed by atoms with Crippen molar-refractivity contribution in [3.8, 4) is 5.75 Å². The summed E-state index contributed by atoms with van der Waals surface area (Å²) in [5, 5.41) is 0. The second kappa shape index (κ2) is 8.52. The van der Waals surface area contributed by atoms with Gasteiger partial charge in [-0.05, 0) is 37.1 Å². The number of amides is 2. The van der Waals surface area contributed by atoms with Gasteiger partial charge in [0, 0.05) is 31.5 Å². The van der Waals surface area contributed by atoms with Crippen LogP contribution in [0.5, 0.6) is 5.75 Å². The molecule has 144 valence electrons. The highest BCUT2D eigenvalue weighted by Gasteiger charge is 2.33. The van der Waals surface area contributed by atoms with Gasteiger partial charge in [0.05, 0.1) is 6.54 Å². The van der Waals surface area contributed by atoms with Crippen molar-refractivity contribution in [1.29, 1.82) is 0 Å². The molecule has 0 aromatic heterocycles. The maximum Gasteiger partial charge on any atom is 0.227 e. The van der Waals surface area contributed by atoms with E-state index in [1.165, 1.54) is 12.1 Å². The molecule has 1 aliphatic heterocycles. The molecular weight excluding hydrogens is 335 g/mol. The van der Waals surface area contributed by atoms with E-state index in [1.54, 1.807) is 24.1 Å². The van der Waals surface area contributed by atoms with Crippen LogP contribution in [0.15, 0.2) is 24.3 Å². The molecule has 0 N–H and O–H groups in total. The van der Waals surface area contributed by atoms with Gasteiger partial charge in [-0.2, -0.15) is 0 Å². The lowest BCUT2D eigenvalue weighted by Gasteiger charge is -2.36. The molecular formula is C20H29FN2O3. The summed E-state index contributed by atoms with van der Waals surface area (Å²) in [7, 11) is 1.77. The van der Waals surface area contributed by atoms with E-state index < -0.39 is 0 Å². The predicted molar refractivity (Wildman–Crippen MR) is 98.3 cm³/mol. The van der Waals surface area contributed by atoms with Crippen LogP contribution in [-0.2, 0) is 9.59 Å². The molecule has 26 heavy (non-hydrogen) atoms. The van der Waals surface area contributed by atoms with Crippen LogP contribution in [0, 0.1) is 17.2 Å². The summed E-state index contributed by atoms with van der Waals surface area (Å²) in [6.45, 7) is 7.84. The Morgan fingerprint density at radius 2 is 1.77 bits per heavy atom. The van der Waals surface area contributed by atoms with Gasteiger partial charge in [-0.1, -0.05) is 20.8 Å². The van der Waals surface area contributed by atoms with Crippen molar-refractivity contribution in [3.63, 3.8) is 0 Å². The fourth-order valence-electron chi connectivity index (χ4n) is 3.06. The summed E-state index contributed by atoms with van der Waals surface area (Å²) in [6.07, 6.45) is 1.40. The minimum Gasteiger partial charge on any atom is -0.492 e. The number of likely N-dealkylation sites (N-methyl/N-ethyl adjacent to an activating group) is 1. The molecule has 5 nitrogen and oxygen atoms in total. The topological polar surface area (TPSA) is 49.9 Å². The number of halogens is 1. The van der Waals surface area contributed by atoms with Gasteiger partial charge in [-0.25, -0.2) is 4.39 Å². The highest BCUT2D eigenvalue weighted by atomic mass is 19.1. The molecule has 1 heterocycles. The first-order valence-electron chi connectivity index (χ1n) is 9.11. The van der Waals surface area contributed by atoms with Crippen LogP contribution in [0.25, 0.3) is 0 Å². The van der Waals surface area contributed by atoms with E-state index in [9.17, 15) is 14.0 Å². The zero-order valence-corrected chi connectivity index (χ0v) is 16.1. The number of carbonyl (C=O) groups excluding carboxylic acids is 2. The van der Waals surface area contributed by atoms with Crippen LogP contribution in [-0.4, -0.2) is 54.9 Å². The van der Waals surface area contributed by atoms with E-state index in [2.05, 4.69) is 0 Å². The first-order valence-corrected chi connectivity index (χ1v) is 9.11. The van der Waals surface area contributed by atoms with Crippen LogP contribution < -0.4 is 4.74 Å². The normalized spacial score (nSPS) is 15.7. The summed E-state index contributed by atoms with van der Waals surface area (Å²) in [6, 6.07) is 5.83. The molecule has 0 saturated carbocycles. The number of nitrogens with zero attached hydrogens (tertiary/aromatic N) is 2. The lowest BCUT2D eigenvalue weighted by atomic mass is 9.90. The van der Waals surface area contributed by atoms with E-state index in [0.29, 0.717) is 44.8 Å². The molecule has 6 heteroatoms. The van der Waals surface area contributed by atoms with Crippen LogP contribution in [0.3, 0.4) is 0 Å². The monoisotopic (exact) mass is 364 g/mol. The Hall–Kier alpha value is -2.11. The van der Waals surface area contributed by atoms with Gasteiger partial charge >= 0.3 is 0 Å². The zero-order valence-electron chi connectivity index (χ0n) is 16.1. The minimum absolute atomic E-state index is 0.0464. The SMILES string of the molecule is CN(CCOc1ccc(F)cc1)C(=O)C1CCN(C(=O)C(C)(C)C)CC1. The third kappa shape index (κ3) is 5.44. The van der Waals surface area contributed by atoms with Crippen LogP contribution in [0.4, 0.5) is 4.39 Å². The van der Waals surface area contributed by atoms with E-state index >= 15 is 0 Å². The number of likely N-dealkylation sites (tertiary alicyclic amines) is 1. The second-order valence-corrected chi connectivity index (χ2v) is 7.88. The van der Waals surface area contributed by atoms with Crippen LogP contribution in [0.1, 0.15) is 33.6 Å². The number of rotatable bonds is 5. The van der Waals surface area contributed by atoms with Crippen molar-refractivity contribution >= 4 is 11.8 Å². The summed E-state index contributed by atoms with van der Waals surface area (Å²) in [5.74, 6) is 0.469. The zero-order chi connectivity index (χ0) is 19.3. The quantitative estimate of drug-likeness (QED) is 0.807. The molecule has 2 rings (SSSR count). The molecule has 0 aliphatic carbocycles.